The van der Waals surface area contributed by atoms with Crippen molar-refractivity contribution in [1.29, 1.82) is 0 Å². The lowest BCUT2D eigenvalue weighted by atomic mass is 10.2. The predicted octanol–water partition coefficient (Wildman–Crippen LogP) is 5.03. The van der Waals surface area contributed by atoms with Crippen LogP contribution in [-0.2, 0) is 6.54 Å². The molecular formula is C18H15Cl2FN4O2. The van der Waals surface area contributed by atoms with Gasteiger partial charge in [-0.1, -0.05) is 41.4 Å². The number of nitrogens with one attached hydrogen (secondary N) is 2. The van der Waals surface area contributed by atoms with Crippen LogP contribution in [0.4, 0.5) is 20.7 Å². The van der Waals surface area contributed by atoms with E-state index in [1.54, 1.807) is 36.4 Å². The number of anilines is 2. The third-order valence-electron chi connectivity index (χ3n) is 3.65. The highest BCUT2D eigenvalue weighted by Crippen LogP contribution is 2.28. The van der Waals surface area contributed by atoms with Gasteiger partial charge in [0.15, 0.2) is 5.82 Å². The Labute approximate surface area is 164 Å². The van der Waals surface area contributed by atoms with Gasteiger partial charge in [0.1, 0.15) is 16.6 Å². The molecule has 0 aliphatic heterocycles. The molecule has 2 aromatic carbocycles. The first-order valence-corrected chi connectivity index (χ1v) is 8.60. The highest BCUT2D eigenvalue weighted by Gasteiger charge is 2.14. The van der Waals surface area contributed by atoms with Crippen LogP contribution in [0.25, 0.3) is 0 Å². The van der Waals surface area contributed by atoms with Crippen LogP contribution in [-0.4, -0.2) is 22.9 Å². The number of nitrogens with zero attached hydrogens (tertiary/aromatic N) is 2. The van der Waals surface area contributed by atoms with Crippen molar-refractivity contribution in [1.82, 2.24) is 9.78 Å². The highest BCUT2D eigenvalue weighted by molar-refractivity contribution is 6.33. The number of carbonyl (C=O) groups excluding carboxylic acids is 1. The fourth-order valence-corrected chi connectivity index (χ4v) is 2.77. The molecule has 1 aromatic heterocycles. The van der Waals surface area contributed by atoms with Gasteiger partial charge in [-0.05, 0) is 24.3 Å². The molecule has 3 rings (SSSR count). The van der Waals surface area contributed by atoms with Gasteiger partial charge in [-0.25, -0.2) is 9.18 Å². The third-order valence-corrected chi connectivity index (χ3v) is 4.16. The molecule has 2 N–H and O–H groups in total. The minimum absolute atomic E-state index is 0.145. The fraction of sp³-hybridized carbons (Fsp3) is 0.111. The molecule has 0 saturated heterocycles. The highest BCUT2D eigenvalue weighted by atomic mass is 35.5. The molecular weight excluding hydrogens is 394 g/mol. The average molecular weight is 409 g/mol. The van der Waals surface area contributed by atoms with E-state index in [1.807, 2.05) is 0 Å². The molecule has 0 unspecified atom stereocenters. The molecule has 3 aromatic rings. The fourth-order valence-electron chi connectivity index (χ4n) is 2.40. The van der Waals surface area contributed by atoms with Gasteiger partial charge < -0.3 is 10.1 Å². The summed E-state index contributed by atoms with van der Waals surface area (Å²) in [6, 6.07) is 10.6. The van der Waals surface area contributed by atoms with Crippen molar-refractivity contribution in [3.8, 4) is 5.75 Å². The first-order chi connectivity index (χ1) is 13.0. The quantitative estimate of drug-likeness (QED) is 0.621. The number of rotatable bonds is 5. The maximum Gasteiger partial charge on any atom is 0.325 e. The molecule has 9 heteroatoms. The zero-order chi connectivity index (χ0) is 19.4. The van der Waals surface area contributed by atoms with Crippen molar-refractivity contribution in [2.45, 2.75) is 6.54 Å². The van der Waals surface area contributed by atoms with Gasteiger partial charge in [-0.2, -0.15) is 5.10 Å². The van der Waals surface area contributed by atoms with E-state index in [0.29, 0.717) is 22.0 Å². The standard InChI is InChI=1S/C18H15Cl2FN4O2/c1-27-16-7-6-12(19)8-15(16)22-18(26)23-17-13(20)10-25(24-17)9-11-4-2-3-5-14(11)21/h2-8,10H,9H2,1H3,(H2,22,23,24,26). The predicted molar refractivity (Wildman–Crippen MR) is 103 cm³/mol. The number of halogens is 3. The Bertz CT molecular complexity index is 978. The van der Waals surface area contributed by atoms with Crippen LogP contribution in [0.2, 0.25) is 10.0 Å². The summed E-state index contributed by atoms with van der Waals surface area (Å²) in [5, 5.41) is 10.0. The molecule has 0 fully saturated rings. The van der Waals surface area contributed by atoms with Gasteiger partial charge in [0, 0.05) is 16.8 Å². The summed E-state index contributed by atoms with van der Waals surface area (Å²) in [6.07, 6.45) is 1.50. The Hall–Kier alpha value is -2.77. The Morgan fingerprint density at radius 1 is 1.22 bits per heavy atom. The van der Waals surface area contributed by atoms with Crippen LogP contribution in [0.5, 0.6) is 5.75 Å². The lowest BCUT2D eigenvalue weighted by molar-refractivity contribution is 0.262. The largest absolute Gasteiger partial charge is 0.495 e. The first kappa shape index (κ1) is 19.0. The van der Waals surface area contributed by atoms with Crippen LogP contribution < -0.4 is 15.4 Å². The first-order valence-electron chi connectivity index (χ1n) is 7.84. The molecule has 1 heterocycles. The van der Waals surface area contributed by atoms with Crippen LogP contribution in [0.15, 0.2) is 48.7 Å². The van der Waals surface area contributed by atoms with Crippen LogP contribution >= 0.6 is 23.2 Å². The minimum atomic E-state index is -0.575. The van der Waals surface area contributed by atoms with Gasteiger partial charge in [0.25, 0.3) is 0 Å². The number of ether oxygens (including phenoxy) is 1. The second kappa shape index (κ2) is 8.28. The molecule has 0 spiro atoms. The Kier molecular flexibility index (Phi) is 5.83. The molecule has 140 valence electrons. The molecule has 0 atom stereocenters. The topological polar surface area (TPSA) is 68.2 Å². The number of amides is 2. The molecule has 0 radical (unpaired) electrons. The minimum Gasteiger partial charge on any atom is -0.495 e. The van der Waals surface area contributed by atoms with Crippen molar-refractivity contribution in [3.63, 3.8) is 0 Å². The Balaban J connectivity index is 1.71. The van der Waals surface area contributed by atoms with E-state index < -0.39 is 6.03 Å². The van der Waals surface area contributed by atoms with Crippen molar-refractivity contribution in [2.24, 2.45) is 0 Å². The van der Waals surface area contributed by atoms with Crippen LogP contribution in [0.3, 0.4) is 0 Å². The second-order valence-corrected chi connectivity index (χ2v) is 6.38. The summed E-state index contributed by atoms with van der Waals surface area (Å²) >= 11 is 12.1. The summed E-state index contributed by atoms with van der Waals surface area (Å²) < 4.78 is 20.4. The average Bonchev–Trinajstić information content (AvgIpc) is 2.96. The third kappa shape index (κ3) is 4.69. The zero-order valence-electron chi connectivity index (χ0n) is 14.2. The van der Waals surface area contributed by atoms with E-state index in [-0.39, 0.29) is 23.2 Å². The van der Waals surface area contributed by atoms with Crippen molar-refractivity contribution < 1.29 is 13.9 Å². The van der Waals surface area contributed by atoms with Gasteiger partial charge in [0.2, 0.25) is 0 Å². The van der Waals surface area contributed by atoms with E-state index in [2.05, 4.69) is 15.7 Å². The van der Waals surface area contributed by atoms with Gasteiger partial charge in [0.05, 0.1) is 19.3 Å². The summed E-state index contributed by atoms with van der Waals surface area (Å²) in [5.74, 6) is 0.252. The number of benzene rings is 2. The summed E-state index contributed by atoms with van der Waals surface area (Å²) in [6.45, 7) is 0.178. The number of carbonyl (C=O) groups is 1. The van der Waals surface area contributed by atoms with Gasteiger partial charge >= 0.3 is 6.03 Å². The number of hydrogen-bond acceptors (Lipinski definition) is 3. The summed E-state index contributed by atoms with van der Waals surface area (Å²) in [5.41, 5.74) is 0.848. The second-order valence-electron chi connectivity index (χ2n) is 5.54. The Morgan fingerprint density at radius 2 is 2.00 bits per heavy atom. The van der Waals surface area contributed by atoms with Crippen molar-refractivity contribution in [3.05, 3.63) is 70.1 Å². The number of hydrogen-bond donors (Lipinski definition) is 2. The van der Waals surface area contributed by atoms with E-state index in [0.717, 1.165) is 0 Å². The molecule has 0 saturated carbocycles. The number of aromatic nitrogens is 2. The maximum absolute atomic E-state index is 13.8. The normalized spacial score (nSPS) is 10.5. The van der Waals surface area contributed by atoms with Crippen LogP contribution in [0, 0.1) is 5.82 Å². The van der Waals surface area contributed by atoms with Crippen LogP contribution in [0.1, 0.15) is 5.56 Å². The van der Waals surface area contributed by atoms with E-state index >= 15 is 0 Å². The van der Waals surface area contributed by atoms with E-state index in [9.17, 15) is 9.18 Å². The van der Waals surface area contributed by atoms with E-state index in [4.69, 9.17) is 27.9 Å². The van der Waals surface area contributed by atoms with E-state index in [1.165, 1.54) is 24.1 Å². The number of methoxy groups -OCH3 is 1. The molecule has 27 heavy (non-hydrogen) atoms. The summed E-state index contributed by atoms with van der Waals surface area (Å²) in [7, 11) is 1.48. The van der Waals surface area contributed by atoms with Gasteiger partial charge in [-0.15, -0.1) is 0 Å². The molecule has 0 bridgehead atoms. The smallest absolute Gasteiger partial charge is 0.325 e. The lowest BCUT2D eigenvalue weighted by Gasteiger charge is -2.10. The summed E-state index contributed by atoms with van der Waals surface area (Å²) in [4.78, 5) is 12.2. The van der Waals surface area contributed by atoms with Crippen molar-refractivity contribution in [2.75, 3.05) is 17.7 Å². The number of urea groups is 1. The maximum atomic E-state index is 13.8. The van der Waals surface area contributed by atoms with Gasteiger partial charge in [-0.3, -0.25) is 10.00 Å². The molecule has 0 aliphatic rings. The SMILES string of the molecule is COc1ccc(Cl)cc1NC(=O)Nc1nn(Cc2ccccc2F)cc1Cl. The molecule has 6 nitrogen and oxygen atoms in total. The monoisotopic (exact) mass is 408 g/mol. The Morgan fingerprint density at radius 3 is 2.74 bits per heavy atom. The lowest BCUT2D eigenvalue weighted by Crippen LogP contribution is -2.20. The molecule has 2 amide bonds. The molecule has 0 aliphatic carbocycles. The van der Waals surface area contributed by atoms with Crippen molar-refractivity contribution >= 4 is 40.7 Å². The zero-order valence-corrected chi connectivity index (χ0v) is 15.7.